The van der Waals surface area contributed by atoms with Gasteiger partial charge in [-0.05, 0) is 52.4 Å². The van der Waals surface area contributed by atoms with Gasteiger partial charge in [0, 0.05) is 29.6 Å². The number of amides is 1. The normalized spacial score (nSPS) is 11.3. The van der Waals surface area contributed by atoms with Gasteiger partial charge in [-0.25, -0.2) is 0 Å². The van der Waals surface area contributed by atoms with Crippen molar-refractivity contribution in [1.82, 2.24) is 5.32 Å². The lowest BCUT2D eigenvalue weighted by atomic mass is 9.96. The molecular weight excluding hydrogens is 357 g/mol. The summed E-state index contributed by atoms with van der Waals surface area (Å²) in [6, 6.07) is 9.12. The number of carbonyl (C=O) groups excluding carboxylic acids is 1. The summed E-state index contributed by atoms with van der Waals surface area (Å²) in [6.45, 7) is 4.07. The van der Waals surface area contributed by atoms with E-state index in [0.717, 1.165) is 22.3 Å². The van der Waals surface area contributed by atoms with Gasteiger partial charge in [-0.15, -0.1) is 0 Å². The van der Waals surface area contributed by atoms with Crippen LogP contribution in [0, 0.1) is 0 Å². The largest absolute Gasteiger partial charge is 0.508 e. The van der Waals surface area contributed by atoms with Crippen molar-refractivity contribution in [3.63, 3.8) is 0 Å². The Hall–Kier alpha value is -1.97. The third-order valence-corrected chi connectivity index (χ3v) is 4.61. The van der Waals surface area contributed by atoms with Gasteiger partial charge in [0.1, 0.15) is 5.75 Å². The molecule has 0 saturated heterocycles. The number of aromatic hydroxyl groups is 1. The number of hydrogen-bond donors (Lipinski definition) is 2. The molecule has 0 spiro atoms. The minimum absolute atomic E-state index is 0.193. The maximum atomic E-state index is 11.3. The first-order valence-electron chi connectivity index (χ1n) is 8.01. The van der Waals surface area contributed by atoms with Gasteiger partial charge in [0.05, 0.1) is 0 Å². The summed E-state index contributed by atoms with van der Waals surface area (Å²) in [6.07, 6.45) is 3.66. The summed E-state index contributed by atoms with van der Waals surface area (Å²) in [5.41, 5.74) is 3.51. The first-order valence-corrected chi connectivity index (χ1v) is 8.77. The van der Waals surface area contributed by atoms with E-state index in [1.54, 1.807) is 31.3 Å². The van der Waals surface area contributed by atoms with Gasteiger partial charge >= 0.3 is 0 Å². The molecule has 0 aliphatic carbocycles. The Morgan fingerprint density at radius 2 is 1.84 bits per heavy atom. The summed E-state index contributed by atoms with van der Waals surface area (Å²) >= 11 is 12.8. The molecule has 132 valence electrons. The summed E-state index contributed by atoms with van der Waals surface area (Å²) in [7, 11) is 1.57. The van der Waals surface area contributed by atoms with Crippen LogP contribution in [0.1, 0.15) is 42.0 Å². The van der Waals surface area contributed by atoms with Crippen molar-refractivity contribution in [2.24, 2.45) is 0 Å². The van der Waals surface area contributed by atoms with Crippen LogP contribution in [0.2, 0.25) is 10.0 Å². The highest BCUT2D eigenvalue weighted by Crippen LogP contribution is 2.32. The zero-order valence-electron chi connectivity index (χ0n) is 14.4. The lowest BCUT2D eigenvalue weighted by Gasteiger charge is -2.13. The smallest absolute Gasteiger partial charge is 0.243 e. The van der Waals surface area contributed by atoms with Crippen molar-refractivity contribution in [2.45, 2.75) is 26.2 Å². The van der Waals surface area contributed by atoms with E-state index >= 15 is 0 Å². The highest BCUT2D eigenvalue weighted by molar-refractivity contribution is 6.36. The van der Waals surface area contributed by atoms with E-state index in [1.165, 1.54) is 6.08 Å². The number of benzene rings is 2. The summed E-state index contributed by atoms with van der Waals surface area (Å²) < 4.78 is 0. The zero-order valence-corrected chi connectivity index (χ0v) is 15.9. The van der Waals surface area contributed by atoms with Crippen molar-refractivity contribution in [3.05, 3.63) is 68.7 Å². The van der Waals surface area contributed by atoms with Crippen LogP contribution in [0.15, 0.2) is 36.4 Å². The molecule has 0 aliphatic heterocycles. The number of nitrogens with one attached hydrogen (secondary N) is 1. The van der Waals surface area contributed by atoms with Crippen molar-refractivity contribution in [2.75, 3.05) is 7.05 Å². The van der Waals surface area contributed by atoms with Crippen LogP contribution in [-0.2, 0) is 11.2 Å². The Kier molecular flexibility index (Phi) is 6.51. The van der Waals surface area contributed by atoms with E-state index in [9.17, 15) is 9.90 Å². The third-order valence-electron chi connectivity index (χ3n) is 3.93. The molecule has 5 heteroatoms. The van der Waals surface area contributed by atoms with Crippen LogP contribution in [-0.4, -0.2) is 18.1 Å². The van der Waals surface area contributed by atoms with E-state index in [1.807, 2.05) is 26.0 Å². The Morgan fingerprint density at radius 3 is 2.40 bits per heavy atom. The number of rotatable bonds is 5. The average molecular weight is 378 g/mol. The third kappa shape index (κ3) is 5.00. The number of halogens is 2. The number of phenols is 1. The van der Waals surface area contributed by atoms with E-state index in [2.05, 4.69) is 5.32 Å². The second-order valence-corrected chi connectivity index (χ2v) is 6.95. The first-order chi connectivity index (χ1) is 11.8. The van der Waals surface area contributed by atoms with Crippen LogP contribution in [0.3, 0.4) is 0 Å². The molecule has 0 fully saturated rings. The predicted octanol–water partition coefficient (Wildman–Crippen LogP) is 5.17. The average Bonchev–Trinajstić information content (AvgIpc) is 2.57. The van der Waals surface area contributed by atoms with Gasteiger partial charge in [-0.3, -0.25) is 4.79 Å². The second-order valence-electron chi connectivity index (χ2n) is 6.14. The van der Waals surface area contributed by atoms with E-state index in [0.29, 0.717) is 22.2 Å². The molecule has 2 N–H and O–H groups in total. The highest BCUT2D eigenvalue weighted by atomic mass is 35.5. The van der Waals surface area contributed by atoms with Crippen molar-refractivity contribution in [3.8, 4) is 5.75 Å². The minimum Gasteiger partial charge on any atom is -0.508 e. The quantitative estimate of drug-likeness (QED) is 0.705. The molecular formula is C20H21Cl2NO2. The van der Waals surface area contributed by atoms with Gasteiger partial charge in [-0.2, -0.15) is 0 Å². The van der Waals surface area contributed by atoms with Crippen molar-refractivity contribution < 1.29 is 9.90 Å². The maximum Gasteiger partial charge on any atom is 0.243 e. The number of phenolic OH excluding ortho intramolecular Hbond substituents is 1. The molecule has 1 amide bonds. The van der Waals surface area contributed by atoms with Crippen molar-refractivity contribution in [1.29, 1.82) is 0 Å². The molecule has 0 aliphatic rings. The van der Waals surface area contributed by atoms with Gasteiger partial charge in [0.2, 0.25) is 5.91 Å². The summed E-state index contributed by atoms with van der Waals surface area (Å²) in [4.78, 5) is 11.3. The summed E-state index contributed by atoms with van der Waals surface area (Å²) in [5.74, 6) is 0.329. The van der Waals surface area contributed by atoms with Gasteiger partial charge < -0.3 is 10.4 Å². The van der Waals surface area contributed by atoms with Crippen LogP contribution in [0.25, 0.3) is 6.08 Å². The summed E-state index contributed by atoms with van der Waals surface area (Å²) in [5, 5.41) is 13.6. The van der Waals surface area contributed by atoms with Crippen LogP contribution < -0.4 is 5.32 Å². The first kappa shape index (κ1) is 19.4. The number of likely N-dealkylation sites (N-methyl/N-ethyl adjacent to an activating group) is 1. The SMILES string of the molecule is CNC(=O)/C=C/c1cc(Cl)c(Cc2ccc(O)c(C(C)C)c2)c(Cl)c1. The highest BCUT2D eigenvalue weighted by Gasteiger charge is 2.12. The Labute approximate surface area is 158 Å². The molecule has 2 aromatic carbocycles. The Balaban J connectivity index is 2.30. The molecule has 0 aromatic heterocycles. The van der Waals surface area contributed by atoms with Crippen molar-refractivity contribution >= 4 is 35.2 Å². The maximum absolute atomic E-state index is 11.3. The fraction of sp³-hybridized carbons (Fsp3) is 0.250. The molecule has 3 nitrogen and oxygen atoms in total. The molecule has 25 heavy (non-hydrogen) atoms. The van der Waals surface area contributed by atoms with Gasteiger partial charge in [0.15, 0.2) is 0 Å². The molecule has 0 atom stereocenters. The standard InChI is InChI=1S/C20H21Cl2NO2/c1-12(2)15-8-13(4-6-19(15)24)9-16-17(21)10-14(11-18(16)22)5-7-20(25)23-3/h4-8,10-12,24H,9H2,1-3H3,(H,23,25)/b7-5+. The minimum atomic E-state index is -0.193. The molecule has 0 saturated carbocycles. The lowest BCUT2D eigenvalue weighted by Crippen LogP contribution is -2.13. The Bertz CT molecular complexity index is 790. The predicted molar refractivity (Wildman–Crippen MR) is 105 cm³/mol. The van der Waals surface area contributed by atoms with Crippen LogP contribution in [0.5, 0.6) is 5.75 Å². The molecule has 2 rings (SSSR count). The fourth-order valence-electron chi connectivity index (χ4n) is 2.52. The molecule has 2 aromatic rings. The molecule has 0 unspecified atom stereocenters. The van der Waals surface area contributed by atoms with E-state index in [4.69, 9.17) is 23.2 Å². The van der Waals surface area contributed by atoms with Crippen LogP contribution >= 0.6 is 23.2 Å². The van der Waals surface area contributed by atoms with Crippen LogP contribution in [0.4, 0.5) is 0 Å². The monoisotopic (exact) mass is 377 g/mol. The molecule has 0 heterocycles. The van der Waals surface area contributed by atoms with Gasteiger partial charge in [0.25, 0.3) is 0 Å². The fourth-order valence-corrected chi connectivity index (χ4v) is 3.16. The number of carbonyl (C=O) groups is 1. The van der Waals surface area contributed by atoms with Gasteiger partial charge in [-0.1, -0.05) is 49.2 Å². The molecule has 0 radical (unpaired) electrons. The molecule has 0 bridgehead atoms. The van der Waals surface area contributed by atoms with E-state index in [-0.39, 0.29) is 11.8 Å². The topological polar surface area (TPSA) is 49.3 Å². The Morgan fingerprint density at radius 1 is 1.20 bits per heavy atom. The van der Waals surface area contributed by atoms with E-state index < -0.39 is 0 Å². The number of hydrogen-bond acceptors (Lipinski definition) is 2. The zero-order chi connectivity index (χ0) is 18.6. The second kappa shape index (κ2) is 8.41. The lowest BCUT2D eigenvalue weighted by molar-refractivity contribution is -0.115.